The molecule has 0 radical (unpaired) electrons. The second-order valence-electron chi connectivity index (χ2n) is 11.9. The Labute approximate surface area is 216 Å². The van der Waals surface area contributed by atoms with Crippen LogP contribution in [0, 0.1) is 5.92 Å². The number of nitrogens with zero attached hydrogens (tertiary/aromatic N) is 3. The zero-order valence-corrected chi connectivity index (χ0v) is 24.1. The van der Waals surface area contributed by atoms with Gasteiger partial charge in [-0.3, -0.25) is 0 Å². The van der Waals surface area contributed by atoms with Crippen molar-refractivity contribution in [2.24, 2.45) is 5.92 Å². The van der Waals surface area contributed by atoms with E-state index in [9.17, 15) is 9.59 Å². The van der Waals surface area contributed by atoms with Crippen LogP contribution in [0.4, 0.5) is 4.79 Å². The van der Waals surface area contributed by atoms with Gasteiger partial charge in [-0.2, -0.15) is 0 Å². The zero-order valence-electron chi connectivity index (χ0n) is 23.1. The van der Waals surface area contributed by atoms with Crippen molar-refractivity contribution in [3.05, 3.63) is 29.6 Å². The molecular formula is C27H43N3O5Si. The summed E-state index contributed by atoms with van der Waals surface area (Å²) in [7, 11) is -1.18. The van der Waals surface area contributed by atoms with Gasteiger partial charge in [-0.1, -0.05) is 19.6 Å². The van der Waals surface area contributed by atoms with Crippen LogP contribution in [0.5, 0.6) is 0 Å². The van der Waals surface area contributed by atoms with Gasteiger partial charge in [0.05, 0.1) is 12.2 Å². The van der Waals surface area contributed by atoms with E-state index in [2.05, 4.69) is 25.7 Å². The quantitative estimate of drug-likeness (QED) is 0.240. The number of hydrogen-bond donors (Lipinski definition) is 0. The van der Waals surface area contributed by atoms with E-state index in [0.717, 1.165) is 41.9 Å². The SMILES string of the molecule is CCOC(=O)c1cn(COCC[Si](C)(C)C)c2ncc(CC3CCN(C(=O)OC(C)(C)C)CC3)cc12. The fraction of sp³-hybridized carbons (Fsp3) is 0.667. The van der Waals surface area contributed by atoms with Crippen LogP contribution in [0.15, 0.2) is 18.5 Å². The second-order valence-corrected chi connectivity index (χ2v) is 17.5. The molecule has 0 atom stereocenters. The number of pyridine rings is 1. The molecule has 0 unspecified atom stereocenters. The normalized spacial score (nSPS) is 15.4. The van der Waals surface area contributed by atoms with Crippen molar-refractivity contribution in [3.63, 3.8) is 0 Å². The number of esters is 1. The van der Waals surface area contributed by atoms with E-state index in [4.69, 9.17) is 19.2 Å². The summed E-state index contributed by atoms with van der Waals surface area (Å²) in [6.07, 6.45) is 6.13. The molecule has 3 heterocycles. The van der Waals surface area contributed by atoms with Crippen LogP contribution in [0.25, 0.3) is 11.0 Å². The van der Waals surface area contributed by atoms with Crippen molar-refractivity contribution < 1.29 is 23.8 Å². The first-order valence-electron chi connectivity index (χ1n) is 13.1. The van der Waals surface area contributed by atoms with Gasteiger partial charge in [-0.25, -0.2) is 14.6 Å². The van der Waals surface area contributed by atoms with E-state index in [0.29, 0.717) is 44.5 Å². The second kappa shape index (κ2) is 11.8. The van der Waals surface area contributed by atoms with Crippen LogP contribution in [-0.2, 0) is 27.4 Å². The number of carbonyl (C=O) groups is 2. The number of ether oxygens (including phenoxy) is 3. The lowest BCUT2D eigenvalue weighted by molar-refractivity contribution is 0.0184. The number of aromatic nitrogens is 2. The topological polar surface area (TPSA) is 82.9 Å². The van der Waals surface area contributed by atoms with Gasteiger partial charge in [0.2, 0.25) is 0 Å². The number of amides is 1. The molecule has 36 heavy (non-hydrogen) atoms. The highest BCUT2D eigenvalue weighted by Gasteiger charge is 2.27. The van der Waals surface area contributed by atoms with Gasteiger partial charge >= 0.3 is 12.1 Å². The molecule has 0 N–H and O–H groups in total. The Bertz CT molecular complexity index is 1050. The fourth-order valence-electron chi connectivity index (χ4n) is 4.32. The lowest BCUT2D eigenvalue weighted by atomic mass is 9.90. The highest BCUT2D eigenvalue weighted by atomic mass is 28.3. The summed E-state index contributed by atoms with van der Waals surface area (Å²) in [5.74, 6) is 0.105. The van der Waals surface area contributed by atoms with Gasteiger partial charge in [-0.05, 0) is 70.5 Å². The molecule has 2 aromatic heterocycles. The van der Waals surface area contributed by atoms with Crippen LogP contribution in [0.1, 0.15) is 56.5 Å². The summed E-state index contributed by atoms with van der Waals surface area (Å²) in [4.78, 5) is 31.6. The molecule has 8 nitrogen and oxygen atoms in total. The molecule has 200 valence electrons. The average molecular weight is 518 g/mol. The minimum Gasteiger partial charge on any atom is -0.462 e. The van der Waals surface area contributed by atoms with Crippen molar-refractivity contribution >= 4 is 31.2 Å². The van der Waals surface area contributed by atoms with E-state index in [1.54, 1.807) is 11.1 Å². The molecule has 0 aromatic carbocycles. The molecule has 1 aliphatic heterocycles. The maximum absolute atomic E-state index is 12.7. The molecule has 3 rings (SSSR count). The molecule has 1 saturated heterocycles. The Kier molecular flexibility index (Phi) is 9.21. The van der Waals surface area contributed by atoms with Gasteiger partial charge in [0, 0.05) is 45.6 Å². The molecule has 1 fully saturated rings. The lowest BCUT2D eigenvalue weighted by Crippen LogP contribution is -2.42. The Balaban J connectivity index is 1.69. The largest absolute Gasteiger partial charge is 0.462 e. The number of piperidine rings is 1. The monoisotopic (exact) mass is 517 g/mol. The molecule has 0 spiro atoms. The minimum absolute atomic E-state index is 0.239. The third kappa shape index (κ3) is 8.06. The predicted octanol–water partition coefficient (Wildman–Crippen LogP) is 5.71. The summed E-state index contributed by atoms with van der Waals surface area (Å²) in [6.45, 7) is 17.2. The number of fused-ring (bicyclic) bond motifs is 1. The molecule has 0 bridgehead atoms. The average Bonchev–Trinajstić information content (AvgIpc) is 3.13. The number of carbonyl (C=O) groups excluding carboxylic acids is 2. The molecular weight excluding hydrogens is 474 g/mol. The van der Waals surface area contributed by atoms with Crippen molar-refractivity contribution in [2.45, 2.75) is 85.0 Å². The molecule has 9 heteroatoms. The van der Waals surface area contributed by atoms with Crippen LogP contribution < -0.4 is 0 Å². The first-order chi connectivity index (χ1) is 16.9. The van der Waals surface area contributed by atoms with Crippen molar-refractivity contribution in [1.82, 2.24) is 14.5 Å². The third-order valence-electron chi connectivity index (χ3n) is 6.28. The fourth-order valence-corrected chi connectivity index (χ4v) is 5.07. The molecule has 0 aliphatic carbocycles. The molecule has 1 aliphatic rings. The van der Waals surface area contributed by atoms with Crippen molar-refractivity contribution in [1.29, 1.82) is 0 Å². The predicted molar refractivity (Wildman–Crippen MR) is 144 cm³/mol. The first kappa shape index (κ1) is 28.2. The number of rotatable bonds is 9. The molecule has 1 amide bonds. The van der Waals surface area contributed by atoms with Gasteiger partial charge in [0.1, 0.15) is 18.0 Å². The summed E-state index contributed by atoms with van der Waals surface area (Å²) in [6, 6.07) is 3.15. The highest BCUT2D eigenvalue weighted by Crippen LogP contribution is 2.27. The highest BCUT2D eigenvalue weighted by molar-refractivity contribution is 6.76. The Hall–Kier alpha value is -2.39. The van der Waals surface area contributed by atoms with E-state index in [1.807, 2.05) is 38.5 Å². The molecule has 2 aromatic rings. The molecule has 0 saturated carbocycles. The lowest BCUT2D eigenvalue weighted by Gasteiger charge is -2.33. The summed E-state index contributed by atoms with van der Waals surface area (Å²) in [5.41, 5.74) is 1.85. The summed E-state index contributed by atoms with van der Waals surface area (Å²) in [5, 5.41) is 0.797. The van der Waals surface area contributed by atoms with E-state index < -0.39 is 13.7 Å². The standard InChI is InChI=1S/C27H43N3O5Si/c1-8-34-25(31)23-18-30(19-33-13-14-36(5,6)7)24-22(23)16-21(17-28-24)15-20-9-11-29(12-10-20)26(32)35-27(2,3)4/h16-18,20H,8-15,19H2,1-7H3. The van der Waals surface area contributed by atoms with Gasteiger partial charge in [0.15, 0.2) is 0 Å². The van der Waals surface area contributed by atoms with Gasteiger partial charge in [-0.15, -0.1) is 0 Å². The van der Waals surface area contributed by atoms with Crippen LogP contribution >= 0.6 is 0 Å². The first-order valence-corrected chi connectivity index (χ1v) is 16.8. The van der Waals surface area contributed by atoms with Crippen LogP contribution in [-0.4, -0.2) is 66.5 Å². The van der Waals surface area contributed by atoms with Crippen molar-refractivity contribution in [2.75, 3.05) is 26.3 Å². The Morgan fingerprint density at radius 1 is 1.17 bits per heavy atom. The van der Waals surface area contributed by atoms with Crippen molar-refractivity contribution in [3.8, 4) is 0 Å². The summed E-state index contributed by atoms with van der Waals surface area (Å²) < 4.78 is 18.7. The van der Waals surface area contributed by atoms with Gasteiger partial charge in [0.25, 0.3) is 0 Å². The minimum atomic E-state index is -1.18. The van der Waals surface area contributed by atoms with Crippen LogP contribution in [0.3, 0.4) is 0 Å². The summed E-state index contributed by atoms with van der Waals surface area (Å²) >= 11 is 0. The maximum atomic E-state index is 12.7. The van der Waals surface area contributed by atoms with E-state index >= 15 is 0 Å². The number of likely N-dealkylation sites (tertiary alicyclic amines) is 1. The van der Waals surface area contributed by atoms with Gasteiger partial charge < -0.3 is 23.7 Å². The van der Waals surface area contributed by atoms with E-state index in [-0.39, 0.29) is 12.1 Å². The Morgan fingerprint density at radius 2 is 1.86 bits per heavy atom. The third-order valence-corrected chi connectivity index (χ3v) is 7.99. The maximum Gasteiger partial charge on any atom is 0.410 e. The van der Waals surface area contributed by atoms with Crippen LogP contribution in [0.2, 0.25) is 25.7 Å². The van der Waals surface area contributed by atoms with E-state index in [1.165, 1.54) is 0 Å². The smallest absolute Gasteiger partial charge is 0.410 e. The number of hydrogen-bond acceptors (Lipinski definition) is 6. The zero-order chi connectivity index (χ0) is 26.5. The Morgan fingerprint density at radius 3 is 2.47 bits per heavy atom.